The second kappa shape index (κ2) is 6.02. The number of aliphatic hydroxyl groups is 1. The fourth-order valence-corrected chi connectivity index (χ4v) is 1.37. The standard InChI is InChI=1S/C9H20N2O4/c1-7(12)6-11(2,3)10-8(13)9(14-4)15-5/h7,9,12H,6H2,1-5H3/p+1. The van der Waals surface area contributed by atoms with Crippen molar-refractivity contribution in [3.05, 3.63) is 0 Å². The molecule has 0 bridgehead atoms. The van der Waals surface area contributed by atoms with E-state index in [2.05, 4.69) is 5.43 Å². The van der Waals surface area contributed by atoms with Gasteiger partial charge in [0.15, 0.2) is 0 Å². The predicted molar refractivity (Wildman–Crippen MR) is 54.6 cm³/mol. The first-order chi connectivity index (χ1) is 6.82. The summed E-state index contributed by atoms with van der Waals surface area (Å²) in [6.07, 6.45) is -1.42. The second-order valence-corrected chi connectivity index (χ2v) is 4.00. The van der Waals surface area contributed by atoms with Gasteiger partial charge in [0.1, 0.15) is 12.6 Å². The Balaban J connectivity index is 4.25. The number of rotatable bonds is 6. The van der Waals surface area contributed by atoms with E-state index in [0.29, 0.717) is 6.54 Å². The number of carbonyl (C=O) groups is 1. The summed E-state index contributed by atoms with van der Waals surface area (Å²) in [5, 5.41) is 9.22. The highest BCUT2D eigenvalue weighted by atomic mass is 16.7. The highest BCUT2D eigenvalue weighted by molar-refractivity contribution is 5.78. The normalized spacial score (nSPS) is 14.1. The van der Waals surface area contributed by atoms with E-state index in [4.69, 9.17) is 9.47 Å². The van der Waals surface area contributed by atoms with Gasteiger partial charge in [-0.1, -0.05) is 0 Å². The number of quaternary nitrogens is 1. The van der Waals surface area contributed by atoms with Gasteiger partial charge in [0.05, 0.1) is 14.1 Å². The minimum absolute atomic E-state index is 0.166. The molecule has 0 rings (SSSR count). The van der Waals surface area contributed by atoms with Crippen LogP contribution in [0.1, 0.15) is 6.92 Å². The number of methoxy groups -OCH3 is 2. The van der Waals surface area contributed by atoms with E-state index >= 15 is 0 Å². The summed E-state index contributed by atoms with van der Waals surface area (Å²) >= 11 is 0. The summed E-state index contributed by atoms with van der Waals surface area (Å²) in [6, 6.07) is 0. The van der Waals surface area contributed by atoms with Gasteiger partial charge in [0.2, 0.25) is 6.29 Å². The van der Waals surface area contributed by atoms with E-state index in [0.717, 1.165) is 0 Å². The van der Waals surface area contributed by atoms with Gasteiger partial charge in [-0.05, 0) is 6.92 Å². The van der Waals surface area contributed by atoms with E-state index in [1.165, 1.54) is 14.2 Å². The summed E-state index contributed by atoms with van der Waals surface area (Å²) < 4.78 is 9.78. The molecular formula is C9H21N2O4+. The quantitative estimate of drug-likeness (QED) is 0.346. The Kier molecular flexibility index (Phi) is 5.74. The maximum absolute atomic E-state index is 11.5. The van der Waals surface area contributed by atoms with Gasteiger partial charge < -0.3 is 14.6 Å². The molecule has 0 fully saturated rings. The summed E-state index contributed by atoms with van der Waals surface area (Å²) in [7, 11) is 6.32. The van der Waals surface area contributed by atoms with Crippen LogP contribution in [0.4, 0.5) is 0 Å². The van der Waals surface area contributed by atoms with Crippen molar-refractivity contribution in [2.75, 3.05) is 34.9 Å². The van der Waals surface area contributed by atoms with E-state index < -0.39 is 12.4 Å². The molecule has 0 heterocycles. The molecule has 6 nitrogen and oxygen atoms in total. The monoisotopic (exact) mass is 221 g/mol. The first-order valence-electron chi connectivity index (χ1n) is 4.71. The van der Waals surface area contributed by atoms with E-state index in [1.807, 2.05) is 0 Å². The molecule has 1 amide bonds. The van der Waals surface area contributed by atoms with Crippen LogP contribution in [-0.4, -0.2) is 62.9 Å². The van der Waals surface area contributed by atoms with Crippen molar-refractivity contribution in [3.8, 4) is 0 Å². The lowest BCUT2D eigenvalue weighted by Gasteiger charge is -2.31. The van der Waals surface area contributed by atoms with Gasteiger partial charge >= 0.3 is 5.91 Å². The van der Waals surface area contributed by atoms with Crippen LogP contribution in [0.5, 0.6) is 0 Å². The lowest BCUT2D eigenvalue weighted by Crippen LogP contribution is -2.59. The van der Waals surface area contributed by atoms with E-state index in [9.17, 15) is 9.90 Å². The molecule has 15 heavy (non-hydrogen) atoms. The molecule has 2 N–H and O–H groups in total. The number of hydrogen-bond acceptors (Lipinski definition) is 4. The average Bonchev–Trinajstić information content (AvgIpc) is 2.02. The minimum Gasteiger partial charge on any atom is -0.387 e. The van der Waals surface area contributed by atoms with Gasteiger partial charge in [0, 0.05) is 14.2 Å². The number of amides is 1. The van der Waals surface area contributed by atoms with Crippen LogP contribution >= 0.6 is 0 Å². The Hall–Kier alpha value is -0.690. The number of nitrogens with one attached hydrogen (secondary N) is 1. The first kappa shape index (κ1) is 14.3. The molecular weight excluding hydrogens is 200 g/mol. The van der Waals surface area contributed by atoms with Gasteiger partial charge in [-0.3, -0.25) is 4.79 Å². The fraction of sp³-hybridized carbons (Fsp3) is 0.889. The molecule has 0 aliphatic carbocycles. The van der Waals surface area contributed by atoms with Gasteiger partial charge in [0.25, 0.3) is 0 Å². The number of likely N-dealkylation sites (N-methyl/N-ethyl adjacent to an activating group) is 1. The van der Waals surface area contributed by atoms with Crippen molar-refractivity contribution in [3.63, 3.8) is 0 Å². The van der Waals surface area contributed by atoms with Crippen LogP contribution in [0.25, 0.3) is 0 Å². The highest BCUT2D eigenvalue weighted by Crippen LogP contribution is 1.98. The van der Waals surface area contributed by atoms with Crippen molar-refractivity contribution >= 4 is 5.91 Å². The van der Waals surface area contributed by atoms with Crippen molar-refractivity contribution in [1.29, 1.82) is 0 Å². The summed E-state index contributed by atoms with van der Waals surface area (Å²) in [4.78, 5) is 11.5. The lowest BCUT2D eigenvalue weighted by molar-refractivity contribution is -0.928. The molecule has 90 valence electrons. The SMILES string of the molecule is COC(OC)C(=O)N[N+](C)(C)CC(C)O. The zero-order valence-corrected chi connectivity index (χ0v) is 9.98. The van der Waals surface area contributed by atoms with Crippen LogP contribution in [0.2, 0.25) is 0 Å². The molecule has 0 aromatic carbocycles. The molecule has 1 atom stereocenters. The molecule has 0 radical (unpaired) electrons. The van der Waals surface area contributed by atoms with Gasteiger partial charge in [-0.15, -0.1) is 0 Å². The number of aliphatic hydroxyl groups excluding tert-OH is 1. The maximum Gasteiger partial charge on any atom is 0.321 e. The van der Waals surface area contributed by atoms with Crippen LogP contribution in [-0.2, 0) is 14.3 Å². The largest absolute Gasteiger partial charge is 0.387 e. The van der Waals surface area contributed by atoms with Crippen molar-refractivity contribution in [2.24, 2.45) is 0 Å². The van der Waals surface area contributed by atoms with Gasteiger partial charge in [-0.2, -0.15) is 5.43 Å². The lowest BCUT2D eigenvalue weighted by atomic mass is 10.4. The minimum atomic E-state index is -0.920. The number of nitrogens with zero attached hydrogens (tertiary/aromatic N) is 1. The van der Waals surface area contributed by atoms with Gasteiger partial charge in [-0.25, -0.2) is 4.59 Å². The highest BCUT2D eigenvalue weighted by Gasteiger charge is 2.26. The molecule has 0 aromatic rings. The zero-order chi connectivity index (χ0) is 12.1. The third kappa shape index (κ3) is 5.68. The molecule has 0 aliphatic rings. The molecule has 1 unspecified atom stereocenters. The Morgan fingerprint density at radius 2 is 1.87 bits per heavy atom. The zero-order valence-electron chi connectivity index (χ0n) is 9.98. The molecule has 0 aromatic heterocycles. The Morgan fingerprint density at radius 3 is 2.20 bits per heavy atom. The smallest absolute Gasteiger partial charge is 0.321 e. The molecule has 0 saturated carbocycles. The third-order valence-corrected chi connectivity index (χ3v) is 1.78. The maximum atomic E-state index is 11.5. The second-order valence-electron chi connectivity index (χ2n) is 4.00. The van der Waals surface area contributed by atoms with Crippen LogP contribution in [0.15, 0.2) is 0 Å². The van der Waals surface area contributed by atoms with Crippen molar-refractivity contribution in [2.45, 2.75) is 19.3 Å². The summed E-state index contributed by atoms with van der Waals surface area (Å²) in [5.41, 5.74) is 2.68. The number of carbonyl (C=O) groups excluding carboxylic acids is 1. The number of hydrogen-bond donors (Lipinski definition) is 2. The average molecular weight is 221 g/mol. The topological polar surface area (TPSA) is 67.8 Å². The molecule has 6 heteroatoms. The number of ether oxygens (including phenoxy) is 2. The van der Waals surface area contributed by atoms with E-state index in [1.54, 1.807) is 21.0 Å². The Bertz CT molecular complexity index is 202. The molecule has 0 saturated heterocycles. The van der Waals surface area contributed by atoms with Crippen molar-refractivity contribution < 1.29 is 24.0 Å². The van der Waals surface area contributed by atoms with E-state index in [-0.39, 0.29) is 10.5 Å². The predicted octanol–water partition coefficient (Wildman–Crippen LogP) is -0.906. The molecule has 0 aliphatic heterocycles. The third-order valence-electron chi connectivity index (χ3n) is 1.78. The molecule has 0 spiro atoms. The van der Waals surface area contributed by atoms with Crippen LogP contribution < -0.4 is 5.43 Å². The Morgan fingerprint density at radius 1 is 1.40 bits per heavy atom. The van der Waals surface area contributed by atoms with Crippen LogP contribution in [0, 0.1) is 0 Å². The first-order valence-corrected chi connectivity index (χ1v) is 4.71. The Labute approximate surface area is 90.3 Å². The fourth-order valence-electron chi connectivity index (χ4n) is 1.37. The summed E-state index contributed by atoms with van der Waals surface area (Å²) in [6.45, 7) is 2.07. The summed E-state index contributed by atoms with van der Waals surface area (Å²) in [5.74, 6) is -0.370. The van der Waals surface area contributed by atoms with Crippen molar-refractivity contribution in [1.82, 2.24) is 5.43 Å². The van der Waals surface area contributed by atoms with Crippen LogP contribution in [0.3, 0.4) is 0 Å².